The smallest absolute Gasteiger partial charge is 0.0701 e. The summed E-state index contributed by atoms with van der Waals surface area (Å²) < 4.78 is 1.20. The van der Waals surface area contributed by atoms with E-state index < -0.39 is 0 Å². The highest BCUT2D eigenvalue weighted by Crippen LogP contribution is 2.23. The van der Waals surface area contributed by atoms with Crippen LogP contribution in [0.2, 0.25) is 0 Å². The molecule has 1 aliphatic rings. The predicted octanol–water partition coefficient (Wildman–Crippen LogP) is 2.48. The van der Waals surface area contributed by atoms with E-state index in [1.54, 1.807) is 11.3 Å². The Morgan fingerprint density at radius 1 is 1.50 bits per heavy atom. The zero-order valence-electron chi connectivity index (χ0n) is 8.00. The van der Waals surface area contributed by atoms with Gasteiger partial charge in [-0.2, -0.15) is 0 Å². The highest BCUT2D eigenvalue weighted by atomic mass is 79.9. The zero-order valence-corrected chi connectivity index (χ0v) is 10.4. The van der Waals surface area contributed by atoms with Crippen LogP contribution in [0.15, 0.2) is 15.9 Å². The van der Waals surface area contributed by atoms with E-state index in [-0.39, 0.29) is 0 Å². The SMILES string of the molecule is NC1CCCC1NCc1ccc(Br)s1. The molecule has 3 N–H and O–H groups in total. The summed E-state index contributed by atoms with van der Waals surface area (Å²) in [4.78, 5) is 1.37. The molecule has 2 nitrogen and oxygen atoms in total. The third-order valence-electron chi connectivity index (χ3n) is 2.74. The topological polar surface area (TPSA) is 38.0 Å². The van der Waals surface area contributed by atoms with E-state index in [1.165, 1.54) is 27.9 Å². The monoisotopic (exact) mass is 274 g/mol. The lowest BCUT2D eigenvalue weighted by atomic mass is 10.2. The van der Waals surface area contributed by atoms with E-state index in [0.29, 0.717) is 12.1 Å². The second-order valence-corrected chi connectivity index (χ2v) is 6.34. The van der Waals surface area contributed by atoms with Gasteiger partial charge in [0.05, 0.1) is 3.79 Å². The summed E-state index contributed by atoms with van der Waals surface area (Å²) in [6, 6.07) is 5.13. The fraction of sp³-hybridized carbons (Fsp3) is 0.600. The maximum absolute atomic E-state index is 5.98. The number of nitrogens with one attached hydrogen (secondary N) is 1. The first-order chi connectivity index (χ1) is 6.75. The van der Waals surface area contributed by atoms with E-state index >= 15 is 0 Å². The fourth-order valence-corrected chi connectivity index (χ4v) is 3.35. The van der Waals surface area contributed by atoms with E-state index in [1.807, 2.05) is 0 Å². The molecule has 1 aromatic rings. The van der Waals surface area contributed by atoms with Crippen molar-refractivity contribution in [2.24, 2.45) is 5.73 Å². The Kier molecular flexibility index (Phi) is 3.60. The molecule has 1 aliphatic carbocycles. The van der Waals surface area contributed by atoms with Crippen LogP contribution >= 0.6 is 27.3 Å². The Morgan fingerprint density at radius 3 is 2.93 bits per heavy atom. The molecule has 2 rings (SSSR count). The summed E-state index contributed by atoms with van der Waals surface area (Å²) in [5.74, 6) is 0. The first kappa shape index (κ1) is 10.6. The summed E-state index contributed by atoms with van der Waals surface area (Å²) in [7, 11) is 0. The van der Waals surface area contributed by atoms with Crippen LogP contribution in [0.1, 0.15) is 24.1 Å². The highest BCUT2D eigenvalue weighted by Gasteiger charge is 2.22. The minimum absolute atomic E-state index is 0.360. The second kappa shape index (κ2) is 4.75. The second-order valence-electron chi connectivity index (χ2n) is 3.79. The molecule has 2 atom stereocenters. The van der Waals surface area contributed by atoms with Gasteiger partial charge in [-0.25, -0.2) is 0 Å². The first-order valence-corrected chi connectivity index (χ1v) is 6.60. The Hall–Kier alpha value is 0.1000. The molecule has 1 heterocycles. The summed E-state index contributed by atoms with van der Waals surface area (Å²) in [5, 5.41) is 3.53. The van der Waals surface area contributed by atoms with E-state index in [4.69, 9.17) is 5.73 Å². The average Bonchev–Trinajstić information content (AvgIpc) is 2.72. The maximum atomic E-state index is 5.98. The van der Waals surface area contributed by atoms with Crippen molar-refractivity contribution in [2.45, 2.75) is 37.9 Å². The van der Waals surface area contributed by atoms with Crippen LogP contribution in [-0.2, 0) is 6.54 Å². The van der Waals surface area contributed by atoms with Gasteiger partial charge in [0.25, 0.3) is 0 Å². The van der Waals surface area contributed by atoms with Crippen LogP contribution in [0.4, 0.5) is 0 Å². The van der Waals surface area contributed by atoms with Gasteiger partial charge >= 0.3 is 0 Å². The Balaban J connectivity index is 1.82. The van der Waals surface area contributed by atoms with E-state index in [0.717, 1.165) is 6.54 Å². The molecule has 0 aliphatic heterocycles. The van der Waals surface area contributed by atoms with Crippen molar-refractivity contribution in [3.8, 4) is 0 Å². The third kappa shape index (κ3) is 2.57. The van der Waals surface area contributed by atoms with Gasteiger partial charge in [-0.05, 0) is 40.9 Å². The van der Waals surface area contributed by atoms with Gasteiger partial charge < -0.3 is 11.1 Å². The largest absolute Gasteiger partial charge is 0.326 e. The lowest BCUT2D eigenvalue weighted by molar-refractivity contribution is 0.477. The van der Waals surface area contributed by atoms with Crippen molar-refractivity contribution in [3.63, 3.8) is 0 Å². The van der Waals surface area contributed by atoms with Gasteiger partial charge in [-0.3, -0.25) is 0 Å². The van der Waals surface area contributed by atoms with Gasteiger partial charge in [0.2, 0.25) is 0 Å². The molecule has 14 heavy (non-hydrogen) atoms. The molecule has 78 valence electrons. The van der Waals surface area contributed by atoms with E-state index in [2.05, 4.69) is 33.4 Å². The molecule has 0 saturated heterocycles. The molecule has 2 unspecified atom stereocenters. The van der Waals surface area contributed by atoms with Crippen LogP contribution in [0, 0.1) is 0 Å². The molecule has 0 radical (unpaired) electrons. The average molecular weight is 275 g/mol. The van der Waals surface area contributed by atoms with Crippen molar-refractivity contribution >= 4 is 27.3 Å². The number of hydrogen-bond donors (Lipinski definition) is 2. The van der Waals surface area contributed by atoms with E-state index in [9.17, 15) is 0 Å². The molecular formula is C10H15BrN2S. The Morgan fingerprint density at radius 2 is 2.36 bits per heavy atom. The van der Waals surface area contributed by atoms with Gasteiger partial charge in [0.1, 0.15) is 0 Å². The molecule has 0 spiro atoms. The standard InChI is InChI=1S/C10H15BrN2S/c11-10-5-4-7(14-10)6-13-9-3-1-2-8(9)12/h4-5,8-9,13H,1-3,6,12H2. The summed E-state index contributed by atoms with van der Waals surface area (Å²) in [6.07, 6.45) is 3.67. The van der Waals surface area contributed by atoms with Crippen molar-refractivity contribution in [1.82, 2.24) is 5.32 Å². The Bertz CT molecular complexity index is 300. The van der Waals surface area contributed by atoms with Crippen LogP contribution < -0.4 is 11.1 Å². The third-order valence-corrected chi connectivity index (χ3v) is 4.36. The van der Waals surface area contributed by atoms with Crippen molar-refractivity contribution in [1.29, 1.82) is 0 Å². The quantitative estimate of drug-likeness (QED) is 0.889. The molecule has 0 amide bonds. The van der Waals surface area contributed by atoms with Crippen molar-refractivity contribution < 1.29 is 0 Å². The van der Waals surface area contributed by atoms with Crippen LogP contribution in [0.25, 0.3) is 0 Å². The first-order valence-electron chi connectivity index (χ1n) is 4.99. The van der Waals surface area contributed by atoms with Crippen molar-refractivity contribution in [2.75, 3.05) is 0 Å². The minimum Gasteiger partial charge on any atom is -0.326 e. The number of thiophene rings is 1. The molecular weight excluding hydrogens is 260 g/mol. The van der Waals surface area contributed by atoms with Gasteiger partial charge in [-0.1, -0.05) is 6.42 Å². The minimum atomic E-state index is 0.360. The fourth-order valence-electron chi connectivity index (χ4n) is 1.92. The maximum Gasteiger partial charge on any atom is 0.0701 e. The summed E-state index contributed by atoms with van der Waals surface area (Å²) in [5.41, 5.74) is 5.98. The van der Waals surface area contributed by atoms with Gasteiger partial charge in [0.15, 0.2) is 0 Å². The van der Waals surface area contributed by atoms with Crippen molar-refractivity contribution in [3.05, 3.63) is 20.8 Å². The number of nitrogens with two attached hydrogens (primary N) is 1. The molecule has 1 fully saturated rings. The number of halogens is 1. The molecule has 4 heteroatoms. The summed E-state index contributed by atoms with van der Waals surface area (Å²) >= 11 is 5.25. The van der Waals surface area contributed by atoms with Crippen LogP contribution in [-0.4, -0.2) is 12.1 Å². The van der Waals surface area contributed by atoms with Crippen LogP contribution in [0.5, 0.6) is 0 Å². The zero-order chi connectivity index (χ0) is 9.97. The summed E-state index contributed by atoms with van der Waals surface area (Å²) in [6.45, 7) is 0.953. The number of hydrogen-bond acceptors (Lipinski definition) is 3. The normalized spacial score (nSPS) is 27.0. The predicted molar refractivity (Wildman–Crippen MR) is 64.5 cm³/mol. The van der Waals surface area contributed by atoms with Crippen LogP contribution in [0.3, 0.4) is 0 Å². The Labute approximate surface area is 97.0 Å². The molecule has 0 bridgehead atoms. The van der Waals surface area contributed by atoms with Gasteiger partial charge in [0, 0.05) is 23.5 Å². The number of rotatable bonds is 3. The van der Waals surface area contributed by atoms with Gasteiger partial charge in [-0.15, -0.1) is 11.3 Å². The molecule has 1 saturated carbocycles. The highest BCUT2D eigenvalue weighted by molar-refractivity contribution is 9.11. The molecule has 0 aromatic carbocycles. The lowest BCUT2D eigenvalue weighted by Crippen LogP contribution is -2.40. The lowest BCUT2D eigenvalue weighted by Gasteiger charge is -2.16. The molecule has 1 aromatic heterocycles.